The lowest BCUT2D eigenvalue weighted by atomic mass is 10.0. The summed E-state index contributed by atoms with van der Waals surface area (Å²) < 4.78 is 15.0. The molecule has 0 aliphatic rings. The molecule has 5 heteroatoms. The minimum atomic E-state index is -0.724. The number of carbonyl (C=O) groups is 1. The third-order valence-electron chi connectivity index (χ3n) is 2.96. The van der Waals surface area contributed by atoms with Gasteiger partial charge in [-0.05, 0) is 39.8 Å². The van der Waals surface area contributed by atoms with Crippen molar-refractivity contribution < 1.29 is 23.8 Å². The van der Waals surface area contributed by atoms with Crippen LogP contribution in [0.4, 0.5) is 0 Å². The largest absolute Gasteiger partial charge is 0.456 e. The van der Waals surface area contributed by atoms with E-state index in [1.165, 1.54) is 0 Å². The third-order valence-corrected chi connectivity index (χ3v) is 2.96. The van der Waals surface area contributed by atoms with Crippen molar-refractivity contribution in [3.63, 3.8) is 0 Å². The van der Waals surface area contributed by atoms with E-state index in [1.807, 2.05) is 0 Å². The van der Waals surface area contributed by atoms with Crippen molar-refractivity contribution >= 4 is 17.1 Å². The van der Waals surface area contributed by atoms with Gasteiger partial charge in [-0.1, -0.05) is 0 Å². The highest BCUT2D eigenvalue weighted by molar-refractivity contribution is 5.95. The van der Waals surface area contributed by atoms with Gasteiger partial charge in [0.1, 0.15) is 5.60 Å². The van der Waals surface area contributed by atoms with Crippen LogP contribution in [0.5, 0.6) is 0 Å². The number of hydrogen-bond acceptors (Lipinski definition) is 5. The number of hydrogen-bond donors (Lipinski definition) is 1. The van der Waals surface area contributed by atoms with E-state index in [2.05, 4.69) is 0 Å². The van der Waals surface area contributed by atoms with Crippen molar-refractivity contribution in [3.8, 4) is 0 Å². The second kappa shape index (κ2) is 4.74. The lowest BCUT2D eigenvalue weighted by molar-refractivity contribution is -0.0211. The number of fused-ring (bicyclic) bond motifs is 1. The predicted octanol–water partition coefficient (Wildman–Crippen LogP) is 3.04. The van der Waals surface area contributed by atoms with Crippen molar-refractivity contribution in [2.45, 2.75) is 45.8 Å². The highest BCUT2D eigenvalue weighted by Gasteiger charge is 2.27. The average molecular weight is 266 g/mol. The number of esters is 1. The van der Waals surface area contributed by atoms with Crippen molar-refractivity contribution in [1.82, 2.24) is 0 Å². The lowest BCUT2D eigenvalue weighted by Crippen LogP contribution is -2.32. The van der Waals surface area contributed by atoms with Crippen LogP contribution in [0.15, 0.2) is 21.3 Å². The molecule has 1 unspecified atom stereocenters. The number of rotatable bonds is 4. The molecule has 0 amide bonds. The van der Waals surface area contributed by atoms with E-state index in [4.69, 9.17) is 13.9 Å². The van der Waals surface area contributed by atoms with Gasteiger partial charge >= 0.3 is 5.97 Å². The smallest absolute Gasteiger partial charge is 0.339 e. The molecule has 1 aromatic carbocycles. The van der Waals surface area contributed by atoms with Crippen molar-refractivity contribution in [2.75, 3.05) is 0 Å². The molecule has 0 spiro atoms. The molecule has 0 fully saturated rings. The molecule has 0 radical (unpaired) electrons. The number of ether oxygens (including phenoxy) is 1. The molecule has 19 heavy (non-hydrogen) atoms. The van der Waals surface area contributed by atoms with E-state index in [9.17, 15) is 9.90 Å². The van der Waals surface area contributed by atoms with E-state index in [0.717, 1.165) is 0 Å². The fourth-order valence-corrected chi connectivity index (χ4v) is 2.17. The number of aryl methyl sites for hydroxylation is 1. The molecule has 5 nitrogen and oxygen atoms in total. The molecule has 2 aromatic rings. The van der Waals surface area contributed by atoms with Gasteiger partial charge < -0.3 is 9.84 Å². The molecule has 0 bridgehead atoms. The van der Waals surface area contributed by atoms with Crippen LogP contribution in [-0.2, 0) is 4.74 Å². The molecule has 0 saturated carbocycles. The van der Waals surface area contributed by atoms with Gasteiger partial charge in [-0.25, -0.2) is 4.79 Å². The monoisotopic (exact) mass is 266 g/mol. The minimum absolute atomic E-state index is 0.377. The van der Waals surface area contributed by atoms with Crippen LogP contribution in [0.25, 0.3) is 11.2 Å². The SMILES string of the molecule is Cc1c(C(=O)OC(C)(C)CC(C)O)ccc2ooc12. The first kappa shape index (κ1) is 13.7. The molecule has 0 aliphatic carbocycles. The Morgan fingerprint density at radius 1 is 1.42 bits per heavy atom. The topological polar surface area (TPSA) is 72.8 Å². The van der Waals surface area contributed by atoms with E-state index in [0.29, 0.717) is 28.7 Å². The van der Waals surface area contributed by atoms with Gasteiger partial charge in [0.05, 0.1) is 11.7 Å². The Labute approximate surface area is 111 Å². The van der Waals surface area contributed by atoms with Crippen molar-refractivity contribution in [2.24, 2.45) is 0 Å². The summed E-state index contributed by atoms with van der Waals surface area (Å²) in [5.74, 6) is -0.429. The normalized spacial score (nSPS) is 13.7. The van der Waals surface area contributed by atoms with Gasteiger partial charge in [0.2, 0.25) is 11.2 Å². The van der Waals surface area contributed by atoms with Gasteiger partial charge in [0.15, 0.2) is 0 Å². The Kier molecular flexibility index (Phi) is 3.41. The number of benzene rings is 1. The molecule has 1 aromatic heterocycles. The maximum Gasteiger partial charge on any atom is 0.339 e. The Morgan fingerprint density at radius 2 is 2.11 bits per heavy atom. The van der Waals surface area contributed by atoms with Gasteiger partial charge in [-0.15, -0.1) is 0 Å². The fourth-order valence-electron chi connectivity index (χ4n) is 2.17. The molecule has 2 rings (SSSR count). The van der Waals surface area contributed by atoms with E-state index >= 15 is 0 Å². The average Bonchev–Trinajstić information content (AvgIpc) is 2.17. The van der Waals surface area contributed by atoms with E-state index in [-0.39, 0.29) is 0 Å². The van der Waals surface area contributed by atoms with Crippen molar-refractivity contribution in [1.29, 1.82) is 0 Å². The predicted molar refractivity (Wildman–Crippen MR) is 69.0 cm³/mol. The van der Waals surface area contributed by atoms with E-state index < -0.39 is 17.7 Å². The quantitative estimate of drug-likeness (QED) is 0.680. The first-order valence-corrected chi connectivity index (χ1v) is 6.20. The zero-order valence-corrected chi connectivity index (χ0v) is 11.5. The highest BCUT2D eigenvalue weighted by atomic mass is 17.0. The van der Waals surface area contributed by atoms with Crippen LogP contribution in [0.3, 0.4) is 0 Å². The second-order valence-corrected chi connectivity index (χ2v) is 5.43. The minimum Gasteiger partial charge on any atom is -0.456 e. The maximum atomic E-state index is 12.2. The fraction of sp³-hybridized carbons (Fsp3) is 0.500. The Hall–Kier alpha value is -1.75. The molecule has 0 aliphatic heterocycles. The molecular weight excluding hydrogens is 248 g/mol. The maximum absolute atomic E-state index is 12.2. The third kappa shape index (κ3) is 2.81. The van der Waals surface area contributed by atoms with Crippen LogP contribution in [-0.4, -0.2) is 22.8 Å². The van der Waals surface area contributed by atoms with Crippen LogP contribution in [0.2, 0.25) is 0 Å². The lowest BCUT2D eigenvalue weighted by Gasteiger charge is -2.26. The molecule has 1 heterocycles. The summed E-state index contributed by atoms with van der Waals surface area (Å²) in [7, 11) is 0. The summed E-state index contributed by atoms with van der Waals surface area (Å²) in [5, 5.41) is 9.39. The zero-order chi connectivity index (χ0) is 14.2. The van der Waals surface area contributed by atoms with Crippen LogP contribution in [0.1, 0.15) is 43.1 Å². The molecule has 1 atom stereocenters. The van der Waals surface area contributed by atoms with Gasteiger partial charge in [0.25, 0.3) is 0 Å². The summed E-state index contributed by atoms with van der Waals surface area (Å²) in [6.45, 7) is 6.98. The number of aliphatic hydroxyl groups excluding tert-OH is 1. The van der Waals surface area contributed by atoms with Crippen LogP contribution < -0.4 is 0 Å². The first-order chi connectivity index (χ1) is 8.80. The summed E-state index contributed by atoms with van der Waals surface area (Å²) >= 11 is 0. The van der Waals surface area contributed by atoms with Gasteiger partial charge in [-0.3, -0.25) is 9.15 Å². The van der Waals surface area contributed by atoms with Crippen LogP contribution in [0, 0.1) is 6.92 Å². The molecule has 0 saturated heterocycles. The molecule has 1 N–H and O–H groups in total. The second-order valence-electron chi connectivity index (χ2n) is 5.43. The number of aliphatic hydroxyl groups is 1. The van der Waals surface area contributed by atoms with Gasteiger partial charge in [-0.2, -0.15) is 0 Å². The van der Waals surface area contributed by atoms with Gasteiger partial charge in [0, 0.05) is 12.0 Å². The Bertz CT molecular complexity index is 588. The summed E-state index contributed by atoms with van der Waals surface area (Å²) in [6, 6.07) is 3.32. The number of carbonyl (C=O) groups excluding carboxylic acids is 1. The summed E-state index contributed by atoms with van der Waals surface area (Å²) in [6.07, 6.45) is -0.153. The van der Waals surface area contributed by atoms with E-state index in [1.54, 1.807) is 39.8 Å². The first-order valence-electron chi connectivity index (χ1n) is 6.20. The highest BCUT2D eigenvalue weighted by Crippen LogP contribution is 2.27. The summed E-state index contributed by atoms with van der Waals surface area (Å²) in [5.41, 5.74) is 1.61. The summed E-state index contributed by atoms with van der Waals surface area (Å²) in [4.78, 5) is 12.2. The zero-order valence-electron chi connectivity index (χ0n) is 11.5. The van der Waals surface area contributed by atoms with Crippen molar-refractivity contribution in [3.05, 3.63) is 23.3 Å². The Balaban J connectivity index is 2.18. The Morgan fingerprint density at radius 3 is 2.63 bits per heavy atom. The molecular formula is C14H18O5. The molecule has 104 valence electrons. The van der Waals surface area contributed by atoms with Crippen LogP contribution >= 0.6 is 0 Å². The standard InChI is InChI=1S/C14H18O5/c1-8(15)7-14(3,4)17-13(16)10-5-6-11-12(9(10)2)19-18-11/h5-6,8,15H,7H2,1-4H3.